The van der Waals surface area contributed by atoms with Crippen molar-refractivity contribution in [1.82, 2.24) is 4.98 Å². The predicted octanol–water partition coefficient (Wildman–Crippen LogP) is 1.68. The topological polar surface area (TPSA) is 77.6 Å². The molecular formula is C16H17NO5. The molecule has 0 unspecified atom stereocenters. The number of aromatic amines is 1. The molecule has 6 heteroatoms. The Bertz CT molecular complexity index is 690. The lowest BCUT2D eigenvalue weighted by Gasteiger charge is -2.07. The second-order valence-corrected chi connectivity index (χ2v) is 4.58. The van der Waals surface area contributed by atoms with Crippen LogP contribution in [0, 0.1) is 0 Å². The fourth-order valence-electron chi connectivity index (χ4n) is 1.83. The van der Waals surface area contributed by atoms with Crippen molar-refractivity contribution in [3.8, 4) is 11.5 Å². The van der Waals surface area contributed by atoms with E-state index in [1.165, 1.54) is 19.4 Å². The molecule has 0 amide bonds. The summed E-state index contributed by atoms with van der Waals surface area (Å²) >= 11 is 0. The minimum absolute atomic E-state index is 0.0184. The lowest BCUT2D eigenvalue weighted by molar-refractivity contribution is -0.139. The van der Waals surface area contributed by atoms with Crippen molar-refractivity contribution in [2.75, 3.05) is 14.2 Å². The summed E-state index contributed by atoms with van der Waals surface area (Å²) in [6, 6.07) is 8.70. The van der Waals surface area contributed by atoms with E-state index in [0.717, 1.165) is 11.3 Å². The molecule has 0 fully saturated rings. The summed E-state index contributed by atoms with van der Waals surface area (Å²) in [5, 5.41) is 0. The Morgan fingerprint density at radius 1 is 1.18 bits per heavy atom. The Morgan fingerprint density at radius 3 is 2.50 bits per heavy atom. The number of rotatable bonds is 6. The molecule has 0 spiro atoms. The van der Waals surface area contributed by atoms with Crippen LogP contribution in [0.1, 0.15) is 11.3 Å². The molecule has 1 aromatic heterocycles. The standard InChI is InChI=1S/C16H17NO5/c1-20-13-5-3-11(4-6-13)10-22-15-9-17-12(7-14(15)18)8-16(19)21-2/h3-7,9H,8,10H2,1-2H3,(H,17,18). The first-order valence-corrected chi connectivity index (χ1v) is 6.66. The molecule has 1 aromatic carbocycles. The molecule has 22 heavy (non-hydrogen) atoms. The average Bonchev–Trinajstić information content (AvgIpc) is 2.54. The third-order valence-corrected chi connectivity index (χ3v) is 3.05. The highest BCUT2D eigenvalue weighted by Gasteiger charge is 2.07. The van der Waals surface area contributed by atoms with E-state index in [-0.39, 0.29) is 24.2 Å². The maximum absolute atomic E-state index is 11.9. The van der Waals surface area contributed by atoms with Gasteiger partial charge in [0.15, 0.2) is 5.75 Å². The number of carbonyl (C=O) groups excluding carboxylic acids is 1. The zero-order valence-electron chi connectivity index (χ0n) is 12.4. The minimum atomic E-state index is -0.414. The number of benzene rings is 1. The van der Waals surface area contributed by atoms with Gasteiger partial charge in [-0.1, -0.05) is 12.1 Å². The van der Waals surface area contributed by atoms with Gasteiger partial charge in [-0.25, -0.2) is 0 Å². The van der Waals surface area contributed by atoms with Gasteiger partial charge in [-0.05, 0) is 17.7 Å². The fourth-order valence-corrected chi connectivity index (χ4v) is 1.83. The first-order chi connectivity index (χ1) is 10.6. The van der Waals surface area contributed by atoms with Gasteiger partial charge in [0.05, 0.1) is 20.6 Å². The molecule has 0 atom stereocenters. The zero-order chi connectivity index (χ0) is 15.9. The summed E-state index contributed by atoms with van der Waals surface area (Å²) in [6.45, 7) is 0.267. The van der Waals surface area contributed by atoms with E-state index in [2.05, 4.69) is 9.72 Å². The Kier molecular flexibility index (Phi) is 5.19. The molecule has 0 saturated carbocycles. The molecule has 2 aromatic rings. The van der Waals surface area contributed by atoms with Crippen molar-refractivity contribution in [2.45, 2.75) is 13.0 Å². The van der Waals surface area contributed by atoms with Crippen LogP contribution in [0.3, 0.4) is 0 Å². The van der Waals surface area contributed by atoms with Crippen molar-refractivity contribution < 1.29 is 19.0 Å². The molecule has 0 aliphatic carbocycles. The van der Waals surface area contributed by atoms with E-state index >= 15 is 0 Å². The summed E-state index contributed by atoms with van der Waals surface area (Å²) in [5.74, 6) is 0.542. The van der Waals surface area contributed by atoms with Crippen LogP contribution in [0.15, 0.2) is 41.3 Å². The lowest BCUT2D eigenvalue weighted by Crippen LogP contribution is -2.12. The van der Waals surface area contributed by atoms with E-state index in [0.29, 0.717) is 5.69 Å². The maximum Gasteiger partial charge on any atom is 0.311 e. The Labute approximate surface area is 127 Å². The van der Waals surface area contributed by atoms with Crippen LogP contribution in [-0.4, -0.2) is 25.2 Å². The smallest absolute Gasteiger partial charge is 0.311 e. The van der Waals surface area contributed by atoms with Crippen LogP contribution in [-0.2, 0) is 22.6 Å². The highest BCUT2D eigenvalue weighted by atomic mass is 16.5. The highest BCUT2D eigenvalue weighted by Crippen LogP contribution is 2.13. The SMILES string of the molecule is COC(=O)Cc1cc(=O)c(OCc2ccc(OC)cc2)c[nH]1. The molecule has 116 valence electrons. The number of carbonyl (C=O) groups is 1. The van der Waals surface area contributed by atoms with Gasteiger partial charge in [0, 0.05) is 18.0 Å². The van der Waals surface area contributed by atoms with Crippen molar-refractivity contribution >= 4 is 5.97 Å². The van der Waals surface area contributed by atoms with Gasteiger partial charge in [-0.2, -0.15) is 0 Å². The summed E-state index contributed by atoms with van der Waals surface area (Å²) < 4.78 is 15.1. The second kappa shape index (κ2) is 7.31. The number of hydrogen-bond acceptors (Lipinski definition) is 5. The van der Waals surface area contributed by atoms with E-state index in [1.807, 2.05) is 24.3 Å². The van der Waals surface area contributed by atoms with Crippen molar-refractivity contribution in [3.05, 3.63) is 58.0 Å². The molecule has 0 bridgehead atoms. The number of hydrogen-bond donors (Lipinski definition) is 1. The molecule has 0 aliphatic rings. The summed E-state index contributed by atoms with van der Waals surface area (Å²) in [6.07, 6.45) is 1.47. The van der Waals surface area contributed by atoms with Crippen molar-refractivity contribution in [2.24, 2.45) is 0 Å². The van der Waals surface area contributed by atoms with Gasteiger partial charge in [0.2, 0.25) is 5.43 Å². The number of aromatic nitrogens is 1. The Balaban J connectivity index is 2.00. The minimum Gasteiger partial charge on any atom is -0.497 e. The Morgan fingerprint density at radius 2 is 1.91 bits per heavy atom. The van der Waals surface area contributed by atoms with Crippen LogP contribution in [0.2, 0.25) is 0 Å². The first-order valence-electron chi connectivity index (χ1n) is 6.66. The van der Waals surface area contributed by atoms with E-state index in [4.69, 9.17) is 9.47 Å². The number of methoxy groups -OCH3 is 2. The van der Waals surface area contributed by atoms with E-state index in [9.17, 15) is 9.59 Å². The van der Waals surface area contributed by atoms with E-state index in [1.54, 1.807) is 7.11 Å². The molecule has 2 rings (SSSR count). The van der Waals surface area contributed by atoms with Gasteiger partial charge in [0.1, 0.15) is 12.4 Å². The van der Waals surface area contributed by atoms with E-state index < -0.39 is 5.97 Å². The van der Waals surface area contributed by atoms with Crippen LogP contribution in [0.5, 0.6) is 11.5 Å². The quantitative estimate of drug-likeness (QED) is 0.822. The summed E-state index contributed by atoms with van der Waals surface area (Å²) in [4.78, 5) is 25.9. The Hall–Kier alpha value is -2.76. The molecule has 6 nitrogen and oxygen atoms in total. The van der Waals surface area contributed by atoms with Crippen molar-refractivity contribution in [3.63, 3.8) is 0 Å². The number of pyridine rings is 1. The monoisotopic (exact) mass is 303 g/mol. The molecule has 0 aliphatic heterocycles. The first kappa shape index (κ1) is 15.6. The predicted molar refractivity (Wildman–Crippen MR) is 80.1 cm³/mol. The summed E-state index contributed by atoms with van der Waals surface area (Å²) in [7, 11) is 2.90. The third-order valence-electron chi connectivity index (χ3n) is 3.05. The molecule has 1 N–H and O–H groups in total. The van der Waals surface area contributed by atoms with Crippen LogP contribution >= 0.6 is 0 Å². The number of esters is 1. The number of ether oxygens (including phenoxy) is 3. The highest BCUT2D eigenvalue weighted by molar-refractivity contribution is 5.71. The van der Waals surface area contributed by atoms with Gasteiger partial charge in [-0.3, -0.25) is 9.59 Å². The summed E-state index contributed by atoms with van der Waals surface area (Å²) in [5.41, 5.74) is 1.11. The van der Waals surface area contributed by atoms with Gasteiger partial charge >= 0.3 is 5.97 Å². The normalized spacial score (nSPS) is 10.1. The lowest BCUT2D eigenvalue weighted by atomic mass is 10.2. The largest absolute Gasteiger partial charge is 0.497 e. The average molecular weight is 303 g/mol. The molecule has 0 saturated heterocycles. The fraction of sp³-hybridized carbons (Fsp3) is 0.250. The second-order valence-electron chi connectivity index (χ2n) is 4.58. The van der Waals surface area contributed by atoms with Gasteiger partial charge in [-0.15, -0.1) is 0 Å². The van der Waals surface area contributed by atoms with Crippen LogP contribution in [0.4, 0.5) is 0 Å². The molecule has 1 heterocycles. The van der Waals surface area contributed by atoms with Gasteiger partial charge in [0.25, 0.3) is 0 Å². The van der Waals surface area contributed by atoms with Crippen LogP contribution < -0.4 is 14.9 Å². The molecular weight excluding hydrogens is 286 g/mol. The maximum atomic E-state index is 11.9. The zero-order valence-corrected chi connectivity index (χ0v) is 12.4. The van der Waals surface area contributed by atoms with Crippen molar-refractivity contribution in [1.29, 1.82) is 0 Å². The van der Waals surface area contributed by atoms with Crippen LogP contribution in [0.25, 0.3) is 0 Å². The number of nitrogens with one attached hydrogen (secondary N) is 1. The van der Waals surface area contributed by atoms with Gasteiger partial charge < -0.3 is 19.2 Å². The third kappa shape index (κ3) is 4.12. The molecule has 0 radical (unpaired) electrons. The number of H-pyrrole nitrogens is 1.